The van der Waals surface area contributed by atoms with Crippen LogP contribution in [0.4, 0.5) is 0 Å². The fourth-order valence-electron chi connectivity index (χ4n) is 4.12. The van der Waals surface area contributed by atoms with Crippen LogP contribution in [0.15, 0.2) is 17.7 Å². The molecule has 27 heavy (non-hydrogen) atoms. The first-order valence-corrected chi connectivity index (χ1v) is 10.5. The Bertz CT molecular complexity index is 719. The molecule has 0 aromatic heterocycles. The van der Waals surface area contributed by atoms with Crippen molar-refractivity contribution < 1.29 is 15.0 Å². The van der Waals surface area contributed by atoms with Crippen LogP contribution in [0.2, 0.25) is 0 Å². The number of hydrogen-bond acceptors (Lipinski definition) is 3. The smallest absolute Gasteiger partial charge is 0.223 e. The molecule has 148 valence electrons. The predicted octanol–water partition coefficient (Wildman–Crippen LogP) is 5.07. The van der Waals surface area contributed by atoms with Gasteiger partial charge in [0, 0.05) is 29.5 Å². The van der Waals surface area contributed by atoms with E-state index in [2.05, 4.69) is 25.2 Å². The number of carbonyl (C=O) groups excluding carboxylic acids is 1. The molecule has 2 aliphatic rings. The molecule has 0 bridgehead atoms. The molecule has 1 fully saturated rings. The third-order valence-electron chi connectivity index (χ3n) is 5.90. The van der Waals surface area contributed by atoms with E-state index in [9.17, 15) is 15.0 Å². The van der Waals surface area contributed by atoms with Gasteiger partial charge in [0.25, 0.3) is 0 Å². The molecule has 3 rings (SSSR count). The summed E-state index contributed by atoms with van der Waals surface area (Å²) in [6.45, 7) is 4.61. The van der Waals surface area contributed by atoms with E-state index in [1.807, 2.05) is 6.07 Å². The van der Waals surface area contributed by atoms with Crippen LogP contribution in [0.25, 0.3) is 0 Å². The molecule has 0 aliphatic heterocycles. The number of aromatic hydroxyl groups is 2. The molecule has 1 aromatic carbocycles. The van der Waals surface area contributed by atoms with Crippen molar-refractivity contribution in [3.63, 3.8) is 0 Å². The average Bonchev–Trinajstić information content (AvgIpc) is 3.46. The van der Waals surface area contributed by atoms with Crippen molar-refractivity contribution in [1.82, 2.24) is 5.32 Å². The zero-order valence-corrected chi connectivity index (χ0v) is 16.7. The standard InChI is InChI=1S/C23H33NO3/c1-3-4-5-8-17-13-20(25)21(18-9-6-7-15(2)12-18)22(26)19(17)14-24-23(27)16-10-11-16/h12-13,16,18,25-26H,3-11,14H2,1-2H3,(H,24,27). The highest BCUT2D eigenvalue weighted by molar-refractivity contribution is 5.81. The molecule has 1 atom stereocenters. The normalized spacial score (nSPS) is 19.6. The summed E-state index contributed by atoms with van der Waals surface area (Å²) >= 11 is 0. The van der Waals surface area contributed by atoms with Crippen LogP contribution in [0, 0.1) is 5.92 Å². The lowest BCUT2D eigenvalue weighted by Gasteiger charge is -2.24. The van der Waals surface area contributed by atoms with Crippen LogP contribution >= 0.6 is 0 Å². The van der Waals surface area contributed by atoms with Crippen molar-refractivity contribution in [3.8, 4) is 11.5 Å². The van der Waals surface area contributed by atoms with E-state index in [1.165, 1.54) is 5.57 Å². The van der Waals surface area contributed by atoms with Gasteiger partial charge in [0.15, 0.2) is 0 Å². The zero-order chi connectivity index (χ0) is 19.4. The minimum absolute atomic E-state index is 0.0429. The van der Waals surface area contributed by atoms with Gasteiger partial charge in [-0.1, -0.05) is 31.4 Å². The summed E-state index contributed by atoms with van der Waals surface area (Å²) in [5.41, 5.74) is 3.67. The van der Waals surface area contributed by atoms with Gasteiger partial charge in [0.2, 0.25) is 5.91 Å². The number of carbonyl (C=O) groups is 1. The molecule has 4 nitrogen and oxygen atoms in total. The van der Waals surface area contributed by atoms with Gasteiger partial charge < -0.3 is 15.5 Å². The van der Waals surface area contributed by atoms with Crippen molar-refractivity contribution in [3.05, 3.63) is 34.4 Å². The molecule has 2 aliphatic carbocycles. The summed E-state index contributed by atoms with van der Waals surface area (Å²) < 4.78 is 0. The molecule has 1 amide bonds. The maximum Gasteiger partial charge on any atom is 0.223 e. The van der Waals surface area contributed by atoms with Crippen molar-refractivity contribution in [2.75, 3.05) is 0 Å². The maximum atomic E-state index is 12.1. The van der Waals surface area contributed by atoms with Gasteiger partial charge in [-0.15, -0.1) is 0 Å². The molecule has 1 aromatic rings. The summed E-state index contributed by atoms with van der Waals surface area (Å²) in [5.74, 6) is 0.634. The van der Waals surface area contributed by atoms with Gasteiger partial charge in [-0.25, -0.2) is 0 Å². The van der Waals surface area contributed by atoms with E-state index in [-0.39, 0.29) is 29.2 Å². The number of benzene rings is 1. The van der Waals surface area contributed by atoms with E-state index in [0.29, 0.717) is 12.1 Å². The summed E-state index contributed by atoms with van der Waals surface area (Å²) in [5, 5.41) is 24.8. The second-order valence-electron chi connectivity index (χ2n) is 8.26. The third kappa shape index (κ3) is 4.85. The lowest BCUT2D eigenvalue weighted by Crippen LogP contribution is -2.25. The molecule has 1 unspecified atom stereocenters. The molecule has 0 heterocycles. The number of phenols is 2. The monoisotopic (exact) mass is 371 g/mol. The number of aryl methyl sites for hydroxylation is 1. The Morgan fingerprint density at radius 3 is 2.67 bits per heavy atom. The van der Waals surface area contributed by atoms with Crippen molar-refractivity contribution in [1.29, 1.82) is 0 Å². The SMILES string of the molecule is CCCCCc1cc(O)c(C2C=C(C)CCC2)c(O)c1CNC(=O)C1CC1. The first-order valence-electron chi connectivity index (χ1n) is 10.5. The number of hydrogen-bond donors (Lipinski definition) is 3. The quantitative estimate of drug-likeness (QED) is 0.441. The van der Waals surface area contributed by atoms with Gasteiger partial charge in [0.05, 0.1) is 0 Å². The Hall–Kier alpha value is -1.97. The van der Waals surface area contributed by atoms with Gasteiger partial charge in [0.1, 0.15) is 11.5 Å². The Labute approximate surface area is 162 Å². The molecule has 0 radical (unpaired) electrons. The van der Waals surface area contributed by atoms with Crippen molar-refractivity contribution in [2.24, 2.45) is 5.92 Å². The number of unbranched alkanes of at least 4 members (excludes halogenated alkanes) is 2. The zero-order valence-electron chi connectivity index (χ0n) is 16.7. The maximum absolute atomic E-state index is 12.1. The largest absolute Gasteiger partial charge is 0.507 e. The second-order valence-corrected chi connectivity index (χ2v) is 8.26. The molecule has 4 heteroatoms. The first-order chi connectivity index (χ1) is 13.0. The highest BCUT2D eigenvalue weighted by Gasteiger charge is 2.30. The van der Waals surface area contributed by atoms with Gasteiger partial charge in [-0.05, 0) is 63.5 Å². The van der Waals surface area contributed by atoms with Gasteiger partial charge in [-0.3, -0.25) is 4.79 Å². The molecule has 0 saturated heterocycles. The minimum atomic E-state index is 0.0429. The van der Waals surface area contributed by atoms with Crippen LogP contribution in [0.3, 0.4) is 0 Å². The molecule has 0 spiro atoms. The predicted molar refractivity (Wildman–Crippen MR) is 108 cm³/mol. The highest BCUT2D eigenvalue weighted by atomic mass is 16.3. The number of nitrogens with one attached hydrogen (secondary N) is 1. The van der Waals surface area contributed by atoms with Gasteiger partial charge in [-0.2, -0.15) is 0 Å². The Kier molecular flexibility index (Phi) is 6.46. The summed E-state index contributed by atoms with van der Waals surface area (Å²) in [6.07, 6.45) is 11.2. The fraction of sp³-hybridized carbons (Fsp3) is 0.609. The number of allylic oxidation sites excluding steroid dienone is 2. The Balaban J connectivity index is 1.90. The first kappa shape index (κ1) is 19.8. The van der Waals surface area contributed by atoms with Crippen LogP contribution < -0.4 is 5.32 Å². The third-order valence-corrected chi connectivity index (χ3v) is 5.90. The van der Waals surface area contributed by atoms with Crippen LogP contribution in [-0.4, -0.2) is 16.1 Å². The van der Waals surface area contributed by atoms with E-state index in [1.54, 1.807) is 0 Å². The topological polar surface area (TPSA) is 69.6 Å². The van der Waals surface area contributed by atoms with E-state index < -0.39 is 0 Å². The fourth-order valence-corrected chi connectivity index (χ4v) is 4.12. The van der Waals surface area contributed by atoms with E-state index >= 15 is 0 Å². The van der Waals surface area contributed by atoms with E-state index in [0.717, 1.165) is 68.9 Å². The molecule has 3 N–H and O–H groups in total. The average molecular weight is 372 g/mol. The summed E-state index contributed by atoms with van der Waals surface area (Å²) in [4.78, 5) is 12.1. The number of amides is 1. The molecular formula is C23H33NO3. The van der Waals surface area contributed by atoms with Crippen molar-refractivity contribution in [2.45, 2.75) is 84.1 Å². The van der Waals surface area contributed by atoms with Crippen LogP contribution in [-0.2, 0) is 17.8 Å². The summed E-state index contributed by atoms with van der Waals surface area (Å²) in [6, 6.07) is 1.82. The van der Waals surface area contributed by atoms with Crippen LogP contribution in [0.1, 0.15) is 87.8 Å². The number of phenolic OH excluding ortho intramolecular Hbond substituents is 2. The second kappa shape index (κ2) is 8.81. The highest BCUT2D eigenvalue weighted by Crippen LogP contribution is 2.44. The number of rotatable bonds is 8. The van der Waals surface area contributed by atoms with E-state index in [4.69, 9.17) is 0 Å². The Morgan fingerprint density at radius 1 is 1.22 bits per heavy atom. The van der Waals surface area contributed by atoms with Crippen molar-refractivity contribution >= 4 is 5.91 Å². The van der Waals surface area contributed by atoms with Crippen LogP contribution in [0.5, 0.6) is 11.5 Å². The lowest BCUT2D eigenvalue weighted by molar-refractivity contribution is -0.122. The van der Waals surface area contributed by atoms with Gasteiger partial charge >= 0.3 is 0 Å². The summed E-state index contributed by atoms with van der Waals surface area (Å²) in [7, 11) is 0. The molecule has 1 saturated carbocycles. The minimum Gasteiger partial charge on any atom is -0.507 e. The lowest BCUT2D eigenvalue weighted by atomic mass is 9.83. The Morgan fingerprint density at radius 2 is 2.00 bits per heavy atom. The molecular weight excluding hydrogens is 338 g/mol.